The molecule has 0 fully saturated rings. The van der Waals surface area contributed by atoms with Crippen LogP contribution in [0, 0.1) is 6.92 Å². The molecule has 0 unspecified atom stereocenters. The third-order valence-corrected chi connectivity index (χ3v) is 6.13. The maximum atomic E-state index is 6.63. The van der Waals surface area contributed by atoms with Gasteiger partial charge < -0.3 is 14.8 Å². The molecule has 3 aromatic carbocycles. The number of hydrogen-bond acceptors (Lipinski definition) is 5. The van der Waals surface area contributed by atoms with Crippen molar-refractivity contribution in [1.29, 1.82) is 0 Å². The molecule has 3 heterocycles. The molecule has 1 aromatic heterocycles. The van der Waals surface area contributed by atoms with Crippen LogP contribution in [0.2, 0.25) is 0 Å². The van der Waals surface area contributed by atoms with E-state index in [2.05, 4.69) is 64.8 Å². The van der Waals surface area contributed by atoms with Crippen LogP contribution in [-0.4, -0.2) is 21.9 Å². The molecule has 0 radical (unpaired) electrons. The predicted molar refractivity (Wildman–Crippen MR) is 123 cm³/mol. The number of hydrogen-bond donors (Lipinski definition) is 1. The normalized spacial score (nSPS) is 18.7. The molecule has 0 saturated heterocycles. The van der Waals surface area contributed by atoms with Gasteiger partial charge >= 0.3 is 0 Å². The van der Waals surface area contributed by atoms with Crippen molar-refractivity contribution in [2.75, 3.05) is 12.4 Å². The minimum atomic E-state index is -0.266. The number of para-hydroxylation sites is 1. The summed E-state index contributed by atoms with van der Waals surface area (Å²) < 4.78 is 13.9. The van der Waals surface area contributed by atoms with Crippen LogP contribution in [0.15, 0.2) is 84.7 Å². The number of nitrogens with zero attached hydrogens (tertiary/aromatic N) is 3. The van der Waals surface area contributed by atoms with Gasteiger partial charge in [-0.15, -0.1) is 0 Å². The Labute approximate surface area is 186 Å². The molecule has 2 aliphatic heterocycles. The Balaban J connectivity index is 1.60. The topological polar surface area (TPSA) is 61.2 Å². The molecule has 0 amide bonds. The van der Waals surface area contributed by atoms with E-state index in [0.29, 0.717) is 5.95 Å². The van der Waals surface area contributed by atoms with E-state index in [4.69, 9.17) is 9.47 Å². The van der Waals surface area contributed by atoms with Crippen molar-refractivity contribution in [3.05, 3.63) is 107 Å². The Kier molecular flexibility index (Phi) is 4.24. The first-order valence-corrected chi connectivity index (χ1v) is 10.6. The fourth-order valence-electron chi connectivity index (χ4n) is 4.54. The lowest BCUT2D eigenvalue weighted by Crippen LogP contribution is -2.32. The summed E-state index contributed by atoms with van der Waals surface area (Å²) in [6.07, 6.45) is 1.32. The second-order valence-electron chi connectivity index (χ2n) is 8.06. The highest BCUT2D eigenvalue weighted by molar-refractivity contribution is 5.85. The monoisotopic (exact) mass is 422 g/mol. The Morgan fingerprint density at radius 3 is 2.47 bits per heavy atom. The summed E-state index contributed by atoms with van der Waals surface area (Å²) in [5, 5.41) is 8.10. The molecule has 2 atom stereocenters. The fourth-order valence-corrected chi connectivity index (χ4v) is 4.54. The van der Waals surface area contributed by atoms with Gasteiger partial charge in [0.25, 0.3) is 0 Å². The van der Waals surface area contributed by atoms with Crippen LogP contribution >= 0.6 is 0 Å². The second kappa shape index (κ2) is 7.27. The van der Waals surface area contributed by atoms with Crippen LogP contribution in [-0.2, 0) is 0 Å². The van der Waals surface area contributed by atoms with Crippen molar-refractivity contribution in [3.63, 3.8) is 0 Å². The van der Waals surface area contributed by atoms with Crippen molar-refractivity contribution >= 4 is 11.6 Å². The number of methoxy groups -OCH3 is 1. The number of aromatic nitrogens is 3. The SMILES string of the molecule is COc1ccc([C@@H]2C3=C(Nc4ncnn42)c2ccccc2O[C@@H]3c2ccc(C)cc2)cc1. The molecule has 6 heteroatoms. The quantitative estimate of drug-likeness (QED) is 0.494. The summed E-state index contributed by atoms with van der Waals surface area (Å²) in [6.45, 7) is 2.09. The predicted octanol–water partition coefficient (Wildman–Crippen LogP) is 5.16. The molecule has 0 saturated carbocycles. The van der Waals surface area contributed by atoms with E-state index in [9.17, 15) is 0 Å². The van der Waals surface area contributed by atoms with Gasteiger partial charge in [0, 0.05) is 11.1 Å². The molecule has 4 aromatic rings. The van der Waals surface area contributed by atoms with Gasteiger partial charge in [-0.1, -0.05) is 54.1 Å². The lowest BCUT2D eigenvalue weighted by atomic mass is 9.84. The van der Waals surface area contributed by atoms with E-state index in [1.807, 2.05) is 35.0 Å². The summed E-state index contributed by atoms with van der Waals surface area (Å²) in [5.74, 6) is 2.38. The van der Waals surface area contributed by atoms with Gasteiger partial charge in [-0.2, -0.15) is 10.1 Å². The third kappa shape index (κ3) is 2.87. The van der Waals surface area contributed by atoms with Crippen LogP contribution in [0.1, 0.15) is 34.4 Å². The fraction of sp³-hybridized carbons (Fsp3) is 0.154. The molecule has 2 aliphatic rings. The first-order chi connectivity index (χ1) is 15.7. The van der Waals surface area contributed by atoms with E-state index in [1.165, 1.54) is 5.56 Å². The zero-order valence-electron chi connectivity index (χ0n) is 17.8. The smallest absolute Gasteiger partial charge is 0.226 e. The lowest BCUT2D eigenvalue weighted by molar-refractivity contribution is 0.223. The molecule has 6 rings (SSSR count). The van der Waals surface area contributed by atoms with Crippen molar-refractivity contribution in [2.24, 2.45) is 0 Å². The lowest BCUT2D eigenvalue weighted by Gasteiger charge is -2.39. The highest BCUT2D eigenvalue weighted by Crippen LogP contribution is 2.50. The molecular weight excluding hydrogens is 400 g/mol. The summed E-state index contributed by atoms with van der Waals surface area (Å²) in [7, 11) is 1.68. The first-order valence-electron chi connectivity index (χ1n) is 10.6. The number of aryl methyl sites for hydroxylation is 1. The molecule has 1 N–H and O–H groups in total. The summed E-state index contributed by atoms with van der Waals surface area (Å²) in [5.41, 5.74) is 6.56. The van der Waals surface area contributed by atoms with Crippen LogP contribution in [0.5, 0.6) is 11.5 Å². The molecule has 32 heavy (non-hydrogen) atoms. The van der Waals surface area contributed by atoms with Gasteiger partial charge in [0.05, 0.1) is 12.8 Å². The number of rotatable bonds is 3. The number of nitrogens with one attached hydrogen (secondary N) is 1. The largest absolute Gasteiger partial charge is 0.497 e. The molecule has 0 spiro atoms. The Morgan fingerprint density at radius 1 is 0.938 bits per heavy atom. The first kappa shape index (κ1) is 18.7. The highest BCUT2D eigenvalue weighted by atomic mass is 16.5. The van der Waals surface area contributed by atoms with E-state index >= 15 is 0 Å². The second-order valence-corrected chi connectivity index (χ2v) is 8.06. The van der Waals surface area contributed by atoms with Crippen molar-refractivity contribution < 1.29 is 9.47 Å². The van der Waals surface area contributed by atoms with E-state index in [1.54, 1.807) is 13.4 Å². The van der Waals surface area contributed by atoms with E-state index < -0.39 is 0 Å². The van der Waals surface area contributed by atoms with Crippen molar-refractivity contribution in [1.82, 2.24) is 14.8 Å². The van der Waals surface area contributed by atoms with Crippen LogP contribution in [0.3, 0.4) is 0 Å². The average Bonchev–Trinajstić information content (AvgIpc) is 3.31. The highest BCUT2D eigenvalue weighted by Gasteiger charge is 2.40. The van der Waals surface area contributed by atoms with Crippen molar-refractivity contribution in [3.8, 4) is 11.5 Å². The number of anilines is 1. The van der Waals surface area contributed by atoms with Gasteiger partial charge in [0.1, 0.15) is 30.0 Å². The van der Waals surface area contributed by atoms with Crippen LogP contribution in [0.4, 0.5) is 5.95 Å². The molecule has 158 valence electrons. The number of ether oxygens (including phenoxy) is 2. The van der Waals surface area contributed by atoms with Gasteiger partial charge in [0.15, 0.2) is 0 Å². The Bertz CT molecular complexity index is 1320. The Morgan fingerprint density at radius 2 is 1.69 bits per heavy atom. The summed E-state index contributed by atoms with van der Waals surface area (Å²) >= 11 is 0. The van der Waals surface area contributed by atoms with Crippen LogP contribution in [0.25, 0.3) is 5.70 Å². The zero-order chi connectivity index (χ0) is 21.7. The van der Waals surface area contributed by atoms with Crippen molar-refractivity contribution in [2.45, 2.75) is 19.1 Å². The molecule has 0 bridgehead atoms. The average molecular weight is 422 g/mol. The van der Waals surface area contributed by atoms with Gasteiger partial charge in [0.2, 0.25) is 5.95 Å². The van der Waals surface area contributed by atoms with Gasteiger partial charge in [-0.25, -0.2) is 4.68 Å². The minimum absolute atomic E-state index is 0.172. The number of benzene rings is 3. The summed E-state index contributed by atoms with van der Waals surface area (Å²) in [6, 6.07) is 24.6. The maximum Gasteiger partial charge on any atom is 0.226 e. The standard InChI is InChI=1S/C26H22N4O2/c1-16-7-9-18(10-8-16)25-22-23(20-5-3-4-6-21(20)32-25)29-26-27-15-28-30(26)24(22)17-11-13-19(31-2)14-12-17/h3-15,24-25H,1-2H3,(H,27,28,29)/t24-,25-/m1/s1. The maximum absolute atomic E-state index is 6.63. The summed E-state index contributed by atoms with van der Waals surface area (Å²) in [4.78, 5) is 4.48. The minimum Gasteiger partial charge on any atom is -0.497 e. The van der Waals surface area contributed by atoms with E-state index in [-0.39, 0.29) is 12.1 Å². The molecule has 6 nitrogen and oxygen atoms in total. The van der Waals surface area contributed by atoms with Gasteiger partial charge in [-0.3, -0.25) is 0 Å². The zero-order valence-corrected chi connectivity index (χ0v) is 17.8. The molecular formula is C26H22N4O2. The van der Waals surface area contributed by atoms with Gasteiger partial charge in [-0.05, 0) is 42.3 Å². The third-order valence-electron chi connectivity index (χ3n) is 6.13. The molecule has 0 aliphatic carbocycles. The Hall–Kier alpha value is -4.06. The number of fused-ring (bicyclic) bond motifs is 3. The van der Waals surface area contributed by atoms with Crippen LogP contribution < -0.4 is 14.8 Å². The van der Waals surface area contributed by atoms with E-state index in [0.717, 1.165) is 39.5 Å².